The van der Waals surface area contributed by atoms with Crippen molar-refractivity contribution in [2.24, 2.45) is 0 Å². The summed E-state index contributed by atoms with van der Waals surface area (Å²) in [6.07, 6.45) is 3.85. The van der Waals surface area contributed by atoms with Gasteiger partial charge in [0.1, 0.15) is 17.8 Å². The van der Waals surface area contributed by atoms with Crippen LogP contribution >= 0.6 is 0 Å². The van der Waals surface area contributed by atoms with Gasteiger partial charge in [0.15, 0.2) is 0 Å². The van der Waals surface area contributed by atoms with Crippen LogP contribution in [0.1, 0.15) is 28.9 Å². The fourth-order valence-electron chi connectivity index (χ4n) is 3.75. The Kier molecular flexibility index (Phi) is 5.71. The van der Waals surface area contributed by atoms with Crippen LogP contribution in [-0.2, 0) is 4.74 Å². The zero-order valence-electron chi connectivity index (χ0n) is 16.3. The Balaban J connectivity index is 1.34. The molecule has 0 radical (unpaired) electrons. The molecule has 7 nitrogen and oxygen atoms in total. The van der Waals surface area contributed by atoms with E-state index in [-0.39, 0.29) is 12.0 Å². The molecule has 1 aromatic carbocycles. The van der Waals surface area contributed by atoms with E-state index < -0.39 is 0 Å². The fourth-order valence-corrected chi connectivity index (χ4v) is 3.75. The lowest BCUT2D eigenvalue weighted by molar-refractivity contribution is 0.0740. The lowest BCUT2D eigenvalue weighted by Gasteiger charge is -2.36. The third-order valence-corrected chi connectivity index (χ3v) is 5.35. The molecule has 4 rings (SSSR count). The summed E-state index contributed by atoms with van der Waals surface area (Å²) < 4.78 is 5.62. The van der Waals surface area contributed by atoms with Crippen molar-refractivity contribution in [3.05, 3.63) is 47.9 Å². The second-order valence-corrected chi connectivity index (χ2v) is 7.42. The van der Waals surface area contributed by atoms with E-state index >= 15 is 0 Å². The van der Waals surface area contributed by atoms with Crippen molar-refractivity contribution in [1.29, 1.82) is 0 Å². The monoisotopic (exact) mass is 381 g/mol. The van der Waals surface area contributed by atoms with Gasteiger partial charge < -0.3 is 19.9 Å². The number of nitrogens with zero attached hydrogens (tertiary/aromatic N) is 4. The van der Waals surface area contributed by atoms with Crippen molar-refractivity contribution in [2.45, 2.75) is 25.9 Å². The van der Waals surface area contributed by atoms with Crippen molar-refractivity contribution < 1.29 is 9.53 Å². The average Bonchev–Trinajstić information content (AvgIpc) is 3.26. The number of ether oxygens (including phenoxy) is 1. The largest absolute Gasteiger partial charge is 0.376 e. The summed E-state index contributed by atoms with van der Waals surface area (Å²) in [4.78, 5) is 25.5. The van der Waals surface area contributed by atoms with Gasteiger partial charge >= 0.3 is 0 Å². The van der Waals surface area contributed by atoms with Gasteiger partial charge in [-0.15, -0.1) is 0 Å². The maximum Gasteiger partial charge on any atom is 0.272 e. The number of anilines is 2. The molecule has 2 saturated heterocycles. The average molecular weight is 381 g/mol. The molecule has 1 amide bonds. The molecule has 1 atom stereocenters. The molecule has 2 fully saturated rings. The van der Waals surface area contributed by atoms with Crippen LogP contribution in [0.5, 0.6) is 0 Å². The first kappa shape index (κ1) is 18.7. The first-order valence-electron chi connectivity index (χ1n) is 9.97. The highest BCUT2D eigenvalue weighted by molar-refractivity contribution is 5.93. The molecule has 1 N–H and O–H groups in total. The Bertz CT molecular complexity index is 814. The molecule has 0 spiro atoms. The highest BCUT2D eigenvalue weighted by atomic mass is 16.5. The highest BCUT2D eigenvalue weighted by Gasteiger charge is 2.24. The van der Waals surface area contributed by atoms with Gasteiger partial charge in [-0.05, 0) is 37.5 Å². The van der Waals surface area contributed by atoms with Crippen LogP contribution < -0.4 is 10.2 Å². The van der Waals surface area contributed by atoms with E-state index in [1.54, 1.807) is 6.07 Å². The minimum Gasteiger partial charge on any atom is -0.376 e. The van der Waals surface area contributed by atoms with E-state index in [2.05, 4.69) is 51.4 Å². The van der Waals surface area contributed by atoms with Crippen molar-refractivity contribution in [1.82, 2.24) is 14.9 Å². The lowest BCUT2D eigenvalue weighted by Crippen LogP contribution is -2.49. The standard InChI is InChI=1S/C21H27N5O2/c1-16-4-2-5-17(12-16)25-7-9-26(10-8-25)21(27)19-13-20(24-15-23-19)22-14-18-6-3-11-28-18/h2,4-5,12-13,15,18H,3,6-11,14H2,1H3,(H,22,23,24). The Morgan fingerprint density at radius 2 is 2.07 bits per heavy atom. The van der Waals surface area contributed by atoms with Crippen LogP contribution in [-0.4, -0.2) is 66.2 Å². The second kappa shape index (κ2) is 8.56. The van der Waals surface area contributed by atoms with Gasteiger partial charge in [0, 0.05) is 51.1 Å². The van der Waals surface area contributed by atoms with Crippen molar-refractivity contribution in [2.75, 3.05) is 49.5 Å². The lowest BCUT2D eigenvalue weighted by atomic mass is 10.2. The number of benzene rings is 1. The third kappa shape index (κ3) is 4.42. The zero-order chi connectivity index (χ0) is 19.3. The van der Waals surface area contributed by atoms with Gasteiger partial charge in [-0.1, -0.05) is 12.1 Å². The quantitative estimate of drug-likeness (QED) is 0.857. The maximum atomic E-state index is 12.9. The Morgan fingerprint density at radius 3 is 2.82 bits per heavy atom. The van der Waals surface area contributed by atoms with Crippen LogP contribution in [0.3, 0.4) is 0 Å². The molecular weight excluding hydrogens is 354 g/mol. The summed E-state index contributed by atoms with van der Waals surface area (Å²) in [5.41, 5.74) is 2.91. The Morgan fingerprint density at radius 1 is 1.21 bits per heavy atom. The van der Waals surface area contributed by atoms with Crippen LogP contribution in [0.2, 0.25) is 0 Å². The van der Waals surface area contributed by atoms with Crippen LogP contribution in [0.15, 0.2) is 36.7 Å². The van der Waals surface area contributed by atoms with E-state index in [1.165, 1.54) is 17.6 Å². The molecule has 0 aliphatic carbocycles. The number of amides is 1. The van der Waals surface area contributed by atoms with Crippen molar-refractivity contribution in [3.63, 3.8) is 0 Å². The first-order valence-corrected chi connectivity index (χ1v) is 9.97. The Labute approximate surface area is 165 Å². The number of aryl methyl sites for hydroxylation is 1. The third-order valence-electron chi connectivity index (χ3n) is 5.35. The fraction of sp³-hybridized carbons (Fsp3) is 0.476. The molecular formula is C21H27N5O2. The molecule has 3 heterocycles. The number of nitrogens with one attached hydrogen (secondary N) is 1. The number of piperazine rings is 1. The smallest absolute Gasteiger partial charge is 0.272 e. The van der Waals surface area contributed by atoms with E-state index in [0.717, 1.165) is 32.5 Å². The predicted octanol–water partition coefficient (Wildman–Crippen LogP) is 2.34. The summed E-state index contributed by atoms with van der Waals surface area (Å²) in [6, 6.07) is 10.2. The molecule has 28 heavy (non-hydrogen) atoms. The molecule has 1 aromatic heterocycles. The van der Waals surface area contributed by atoms with E-state index in [9.17, 15) is 4.79 Å². The molecule has 2 aliphatic rings. The van der Waals surface area contributed by atoms with Gasteiger partial charge in [0.2, 0.25) is 0 Å². The van der Waals surface area contributed by atoms with E-state index in [4.69, 9.17) is 4.74 Å². The van der Waals surface area contributed by atoms with Gasteiger partial charge in [-0.2, -0.15) is 0 Å². The van der Waals surface area contributed by atoms with Crippen molar-refractivity contribution >= 4 is 17.4 Å². The van der Waals surface area contributed by atoms with Crippen LogP contribution in [0.25, 0.3) is 0 Å². The number of rotatable bonds is 5. The summed E-state index contributed by atoms with van der Waals surface area (Å²) in [5.74, 6) is 0.638. The Hall–Kier alpha value is -2.67. The molecule has 7 heteroatoms. The summed E-state index contributed by atoms with van der Waals surface area (Å²) in [7, 11) is 0. The summed E-state index contributed by atoms with van der Waals surface area (Å²) in [5, 5.41) is 3.26. The topological polar surface area (TPSA) is 70.6 Å². The number of carbonyl (C=O) groups excluding carboxylic acids is 1. The molecule has 0 saturated carbocycles. The summed E-state index contributed by atoms with van der Waals surface area (Å²) >= 11 is 0. The van der Waals surface area contributed by atoms with Gasteiger partial charge in [0.25, 0.3) is 5.91 Å². The van der Waals surface area contributed by atoms with Crippen molar-refractivity contribution in [3.8, 4) is 0 Å². The maximum absolute atomic E-state index is 12.9. The van der Waals surface area contributed by atoms with E-state index in [0.29, 0.717) is 31.1 Å². The van der Waals surface area contributed by atoms with Gasteiger partial charge in [-0.25, -0.2) is 9.97 Å². The zero-order valence-corrected chi connectivity index (χ0v) is 16.3. The molecule has 2 aromatic rings. The first-order chi connectivity index (χ1) is 13.7. The molecule has 0 bridgehead atoms. The SMILES string of the molecule is Cc1cccc(N2CCN(C(=O)c3cc(NCC4CCCO4)ncn3)CC2)c1. The molecule has 2 aliphatic heterocycles. The highest BCUT2D eigenvalue weighted by Crippen LogP contribution is 2.19. The van der Waals surface area contributed by atoms with Gasteiger partial charge in [0.05, 0.1) is 6.10 Å². The van der Waals surface area contributed by atoms with E-state index in [1.807, 2.05) is 4.90 Å². The second-order valence-electron chi connectivity index (χ2n) is 7.42. The normalized spacial score (nSPS) is 19.7. The minimum atomic E-state index is -0.0357. The van der Waals surface area contributed by atoms with Gasteiger partial charge in [-0.3, -0.25) is 4.79 Å². The minimum absolute atomic E-state index is 0.0357. The molecule has 1 unspecified atom stereocenters. The van der Waals surface area contributed by atoms with Crippen LogP contribution in [0, 0.1) is 6.92 Å². The number of carbonyl (C=O) groups is 1. The number of hydrogen-bond acceptors (Lipinski definition) is 6. The number of aromatic nitrogens is 2. The number of hydrogen-bond donors (Lipinski definition) is 1. The molecule has 148 valence electrons. The summed E-state index contributed by atoms with van der Waals surface area (Å²) in [6.45, 7) is 6.66. The van der Waals surface area contributed by atoms with Crippen LogP contribution in [0.4, 0.5) is 11.5 Å². The predicted molar refractivity (Wildman–Crippen MR) is 109 cm³/mol.